The maximum atomic E-state index is 12.6. The van der Waals surface area contributed by atoms with Gasteiger partial charge in [0.1, 0.15) is 0 Å². The molecule has 0 bridgehead atoms. The van der Waals surface area contributed by atoms with Crippen LogP contribution in [0.5, 0.6) is 0 Å². The Kier molecular flexibility index (Phi) is 5.29. The van der Waals surface area contributed by atoms with Crippen LogP contribution in [0.3, 0.4) is 0 Å². The lowest BCUT2D eigenvalue weighted by Crippen LogP contribution is -2.23. The van der Waals surface area contributed by atoms with E-state index in [0.717, 1.165) is 22.3 Å². The van der Waals surface area contributed by atoms with Crippen molar-refractivity contribution in [1.82, 2.24) is 15.1 Å². The SMILES string of the molecule is O=C(NCc1ccccc1Cn1cccn1)c1ccc(-c2ccccc2)cc1. The summed E-state index contributed by atoms with van der Waals surface area (Å²) in [6, 6.07) is 27.8. The molecule has 0 aliphatic rings. The largest absolute Gasteiger partial charge is 0.348 e. The van der Waals surface area contributed by atoms with E-state index in [9.17, 15) is 4.79 Å². The van der Waals surface area contributed by atoms with Crippen LogP contribution in [0.25, 0.3) is 11.1 Å². The molecule has 138 valence electrons. The molecule has 0 aliphatic carbocycles. The van der Waals surface area contributed by atoms with E-state index in [4.69, 9.17) is 0 Å². The van der Waals surface area contributed by atoms with Gasteiger partial charge in [0.2, 0.25) is 0 Å². The number of nitrogens with zero attached hydrogens (tertiary/aromatic N) is 2. The van der Waals surface area contributed by atoms with Crippen molar-refractivity contribution in [3.05, 3.63) is 114 Å². The summed E-state index contributed by atoms with van der Waals surface area (Å²) in [5.41, 5.74) is 5.13. The van der Waals surface area contributed by atoms with Gasteiger partial charge in [-0.25, -0.2) is 0 Å². The molecule has 1 amide bonds. The fraction of sp³-hybridized carbons (Fsp3) is 0.0833. The van der Waals surface area contributed by atoms with Gasteiger partial charge in [0, 0.05) is 24.5 Å². The van der Waals surface area contributed by atoms with Crippen molar-refractivity contribution in [3.63, 3.8) is 0 Å². The second-order valence-corrected chi connectivity index (χ2v) is 6.60. The monoisotopic (exact) mass is 367 g/mol. The molecule has 4 nitrogen and oxygen atoms in total. The third-order valence-electron chi connectivity index (χ3n) is 4.70. The molecular weight excluding hydrogens is 346 g/mol. The van der Waals surface area contributed by atoms with Crippen molar-refractivity contribution in [2.45, 2.75) is 13.1 Å². The zero-order valence-electron chi connectivity index (χ0n) is 15.5. The second kappa shape index (κ2) is 8.35. The highest BCUT2D eigenvalue weighted by Crippen LogP contribution is 2.19. The average Bonchev–Trinajstić information content (AvgIpc) is 3.27. The number of nitrogens with one attached hydrogen (secondary N) is 1. The molecule has 0 atom stereocenters. The number of hydrogen-bond donors (Lipinski definition) is 1. The Balaban J connectivity index is 1.42. The number of carbonyl (C=O) groups is 1. The Bertz CT molecular complexity index is 1040. The normalized spacial score (nSPS) is 10.6. The van der Waals surface area contributed by atoms with Crippen LogP contribution in [0.2, 0.25) is 0 Å². The third kappa shape index (κ3) is 4.18. The Labute approximate surface area is 164 Å². The molecule has 1 heterocycles. The van der Waals surface area contributed by atoms with Gasteiger partial charge in [0.15, 0.2) is 0 Å². The second-order valence-electron chi connectivity index (χ2n) is 6.60. The zero-order chi connectivity index (χ0) is 19.2. The maximum Gasteiger partial charge on any atom is 0.251 e. The topological polar surface area (TPSA) is 46.9 Å². The predicted molar refractivity (Wildman–Crippen MR) is 111 cm³/mol. The minimum atomic E-state index is -0.0755. The summed E-state index contributed by atoms with van der Waals surface area (Å²) >= 11 is 0. The number of carbonyl (C=O) groups excluding carboxylic acids is 1. The standard InChI is InChI=1S/C24H21N3O/c28-24(21-13-11-20(12-14-21)19-7-2-1-3-8-19)25-17-22-9-4-5-10-23(22)18-27-16-6-15-26-27/h1-16H,17-18H2,(H,25,28). The van der Waals surface area contributed by atoms with Gasteiger partial charge in [0.25, 0.3) is 5.91 Å². The summed E-state index contributed by atoms with van der Waals surface area (Å²) in [6.45, 7) is 1.17. The molecule has 4 heteroatoms. The molecular formula is C24H21N3O. The Morgan fingerprint density at radius 1 is 0.786 bits per heavy atom. The van der Waals surface area contributed by atoms with Crippen molar-refractivity contribution in [2.24, 2.45) is 0 Å². The molecule has 28 heavy (non-hydrogen) atoms. The van der Waals surface area contributed by atoms with E-state index in [2.05, 4.69) is 28.6 Å². The smallest absolute Gasteiger partial charge is 0.251 e. The van der Waals surface area contributed by atoms with Crippen LogP contribution in [0, 0.1) is 0 Å². The highest BCUT2D eigenvalue weighted by Gasteiger charge is 2.08. The highest BCUT2D eigenvalue weighted by molar-refractivity contribution is 5.94. The highest BCUT2D eigenvalue weighted by atomic mass is 16.1. The van der Waals surface area contributed by atoms with Crippen LogP contribution in [0.4, 0.5) is 0 Å². The molecule has 4 rings (SSSR count). The average molecular weight is 367 g/mol. The first-order valence-electron chi connectivity index (χ1n) is 9.27. The first-order chi connectivity index (χ1) is 13.8. The lowest BCUT2D eigenvalue weighted by molar-refractivity contribution is 0.0951. The lowest BCUT2D eigenvalue weighted by Gasteiger charge is -2.11. The maximum absolute atomic E-state index is 12.6. The molecule has 4 aromatic rings. The van der Waals surface area contributed by atoms with Crippen LogP contribution >= 0.6 is 0 Å². The van der Waals surface area contributed by atoms with Crippen molar-refractivity contribution < 1.29 is 4.79 Å². The Morgan fingerprint density at radius 2 is 1.46 bits per heavy atom. The number of amides is 1. The molecule has 0 unspecified atom stereocenters. The van der Waals surface area contributed by atoms with Crippen molar-refractivity contribution >= 4 is 5.91 Å². The van der Waals surface area contributed by atoms with E-state index in [0.29, 0.717) is 18.7 Å². The molecule has 0 saturated heterocycles. The van der Waals surface area contributed by atoms with Crippen molar-refractivity contribution in [1.29, 1.82) is 0 Å². The first kappa shape index (κ1) is 17.7. The third-order valence-corrected chi connectivity index (χ3v) is 4.70. The summed E-state index contributed by atoms with van der Waals surface area (Å²) in [7, 11) is 0. The summed E-state index contributed by atoms with van der Waals surface area (Å²) < 4.78 is 1.88. The quantitative estimate of drug-likeness (QED) is 0.544. The number of hydrogen-bond acceptors (Lipinski definition) is 2. The molecule has 0 radical (unpaired) electrons. The van der Waals surface area contributed by atoms with Gasteiger partial charge in [-0.05, 0) is 40.5 Å². The van der Waals surface area contributed by atoms with E-state index >= 15 is 0 Å². The molecule has 0 spiro atoms. The van der Waals surface area contributed by atoms with Crippen molar-refractivity contribution in [3.8, 4) is 11.1 Å². The zero-order valence-corrected chi connectivity index (χ0v) is 15.5. The van der Waals surface area contributed by atoms with Crippen LogP contribution in [-0.4, -0.2) is 15.7 Å². The predicted octanol–water partition coefficient (Wildman–Crippen LogP) is 4.53. The lowest BCUT2D eigenvalue weighted by atomic mass is 10.0. The molecule has 3 aromatic carbocycles. The van der Waals surface area contributed by atoms with Gasteiger partial charge < -0.3 is 5.32 Å². The minimum Gasteiger partial charge on any atom is -0.348 e. The molecule has 1 N–H and O–H groups in total. The number of benzene rings is 3. The van der Waals surface area contributed by atoms with Gasteiger partial charge >= 0.3 is 0 Å². The summed E-state index contributed by atoms with van der Waals surface area (Å²) in [5, 5.41) is 7.28. The van der Waals surface area contributed by atoms with E-state index in [1.165, 1.54) is 0 Å². The van der Waals surface area contributed by atoms with Gasteiger partial charge in [-0.2, -0.15) is 5.10 Å². The van der Waals surface area contributed by atoms with Gasteiger partial charge in [-0.1, -0.05) is 66.7 Å². The molecule has 0 aliphatic heterocycles. The minimum absolute atomic E-state index is 0.0755. The van der Waals surface area contributed by atoms with Gasteiger partial charge in [-0.3, -0.25) is 9.48 Å². The number of aromatic nitrogens is 2. The molecule has 0 saturated carbocycles. The fourth-order valence-corrected chi connectivity index (χ4v) is 3.17. The Morgan fingerprint density at radius 3 is 2.18 bits per heavy atom. The van der Waals surface area contributed by atoms with Crippen LogP contribution < -0.4 is 5.32 Å². The van der Waals surface area contributed by atoms with Gasteiger partial charge in [0.05, 0.1) is 6.54 Å². The number of rotatable bonds is 6. The van der Waals surface area contributed by atoms with Crippen LogP contribution in [0.15, 0.2) is 97.3 Å². The summed E-state index contributed by atoms with van der Waals surface area (Å²) in [5.74, 6) is -0.0755. The van der Waals surface area contributed by atoms with Gasteiger partial charge in [-0.15, -0.1) is 0 Å². The molecule has 1 aromatic heterocycles. The van der Waals surface area contributed by atoms with Crippen LogP contribution in [-0.2, 0) is 13.1 Å². The molecule has 0 fully saturated rings. The summed E-state index contributed by atoms with van der Waals surface area (Å²) in [6.07, 6.45) is 3.70. The van der Waals surface area contributed by atoms with E-state index in [-0.39, 0.29) is 5.91 Å². The van der Waals surface area contributed by atoms with E-state index in [1.54, 1.807) is 6.20 Å². The van der Waals surface area contributed by atoms with E-state index in [1.807, 2.05) is 77.6 Å². The fourth-order valence-electron chi connectivity index (χ4n) is 3.17. The van der Waals surface area contributed by atoms with Crippen LogP contribution in [0.1, 0.15) is 21.5 Å². The Hall–Kier alpha value is -3.66. The van der Waals surface area contributed by atoms with Crippen molar-refractivity contribution in [2.75, 3.05) is 0 Å². The first-order valence-corrected chi connectivity index (χ1v) is 9.27. The summed E-state index contributed by atoms with van der Waals surface area (Å²) in [4.78, 5) is 12.6. The van der Waals surface area contributed by atoms with E-state index < -0.39 is 0 Å².